The molecule has 2 amide bonds. The van der Waals surface area contributed by atoms with Crippen LogP contribution in [0.1, 0.15) is 53.6 Å². The summed E-state index contributed by atoms with van der Waals surface area (Å²) in [6, 6.07) is 25.2. The Morgan fingerprint density at radius 3 is 2.41 bits per heavy atom. The van der Waals surface area contributed by atoms with Crippen molar-refractivity contribution in [3.8, 4) is 5.75 Å². The molecule has 1 heterocycles. The van der Waals surface area contributed by atoms with Crippen LogP contribution in [0.3, 0.4) is 0 Å². The largest absolute Gasteiger partial charge is 0.484 e. The average molecular weight is 500 g/mol. The fraction of sp³-hybridized carbons (Fsp3) is 0.355. The number of anilines is 1. The summed E-state index contributed by atoms with van der Waals surface area (Å²) in [6.45, 7) is 2.69. The van der Waals surface area contributed by atoms with Gasteiger partial charge in [-0.25, -0.2) is 0 Å². The quantitative estimate of drug-likeness (QED) is 0.473. The molecule has 0 spiro atoms. The van der Waals surface area contributed by atoms with Crippen molar-refractivity contribution in [1.82, 2.24) is 10.6 Å². The second-order valence-electron chi connectivity index (χ2n) is 9.43. The van der Waals surface area contributed by atoms with Gasteiger partial charge in [0.2, 0.25) is 0 Å². The fourth-order valence-electron chi connectivity index (χ4n) is 4.59. The predicted octanol–water partition coefficient (Wildman–Crippen LogP) is 5.12. The van der Waals surface area contributed by atoms with Crippen molar-refractivity contribution in [2.75, 3.05) is 31.1 Å². The van der Waals surface area contributed by atoms with E-state index in [1.165, 1.54) is 18.4 Å². The number of carbonyl (C=O) groups excluding carboxylic acids is 2. The highest BCUT2D eigenvalue weighted by Gasteiger charge is 2.21. The van der Waals surface area contributed by atoms with E-state index in [1.54, 1.807) is 0 Å². The van der Waals surface area contributed by atoms with E-state index in [0.717, 1.165) is 43.5 Å². The van der Waals surface area contributed by atoms with E-state index in [2.05, 4.69) is 22.8 Å². The van der Waals surface area contributed by atoms with Crippen LogP contribution in [0.2, 0.25) is 0 Å². The summed E-state index contributed by atoms with van der Waals surface area (Å²) in [5.74, 6) is 0.493. The van der Waals surface area contributed by atoms with Gasteiger partial charge in [-0.2, -0.15) is 0 Å². The van der Waals surface area contributed by atoms with Crippen LogP contribution in [0.15, 0.2) is 78.9 Å². The SMILES string of the molecule is O=C(NCCc1ccccc1)c1ccc2c(c1)CNCCCCCCCN2C(=O)COc1ccccc1. The van der Waals surface area contributed by atoms with Crippen molar-refractivity contribution in [3.63, 3.8) is 0 Å². The van der Waals surface area contributed by atoms with E-state index in [0.29, 0.717) is 30.9 Å². The van der Waals surface area contributed by atoms with Crippen LogP contribution in [-0.2, 0) is 17.8 Å². The van der Waals surface area contributed by atoms with Crippen LogP contribution in [0.25, 0.3) is 0 Å². The molecule has 3 aromatic rings. The molecule has 1 aliphatic rings. The van der Waals surface area contributed by atoms with E-state index < -0.39 is 0 Å². The molecule has 37 heavy (non-hydrogen) atoms. The lowest BCUT2D eigenvalue weighted by Gasteiger charge is -2.26. The summed E-state index contributed by atoms with van der Waals surface area (Å²) in [6.07, 6.45) is 6.27. The molecule has 1 aliphatic heterocycles. The van der Waals surface area contributed by atoms with Gasteiger partial charge in [-0.05, 0) is 67.3 Å². The number of hydrogen-bond donors (Lipinski definition) is 2. The molecule has 2 N–H and O–H groups in total. The molecule has 0 radical (unpaired) electrons. The van der Waals surface area contributed by atoms with Crippen LogP contribution < -0.4 is 20.3 Å². The molecule has 0 saturated carbocycles. The normalized spacial score (nSPS) is 14.5. The molecule has 0 aromatic heterocycles. The monoisotopic (exact) mass is 499 g/mol. The Bertz CT molecular complexity index is 1130. The number of fused-ring (bicyclic) bond motifs is 1. The molecule has 0 bridgehead atoms. The molecular weight excluding hydrogens is 462 g/mol. The van der Waals surface area contributed by atoms with Gasteiger partial charge in [0, 0.05) is 30.9 Å². The van der Waals surface area contributed by atoms with Gasteiger partial charge in [-0.1, -0.05) is 67.8 Å². The first-order valence-corrected chi connectivity index (χ1v) is 13.3. The summed E-state index contributed by atoms with van der Waals surface area (Å²) < 4.78 is 5.78. The van der Waals surface area contributed by atoms with Crippen molar-refractivity contribution in [1.29, 1.82) is 0 Å². The third-order valence-corrected chi connectivity index (χ3v) is 6.63. The fourth-order valence-corrected chi connectivity index (χ4v) is 4.59. The molecule has 0 fully saturated rings. The summed E-state index contributed by atoms with van der Waals surface area (Å²) >= 11 is 0. The number of rotatable bonds is 7. The number of hydrogen-bond acceptors (Lipinski definition) is 4. The highest BCUT2D eigenvalue weighted by Crippen LogP contribution is 2.25. The maximum absolute atomic E-state index is 13.3. The first kappa shape index (κ1) is 26.4. The number of amides is 2. The maximum atomic E-state index is 13.3. The minimum Gasteiger partial charge on any atom is -0.484 e. The Balaban J connectivity index is 1.49. The summed E-state index contributed by atoms with van der Waals surface area (Å²) in [4.78, 5) is 28.1. The minimum atomic E-state index is -0.102. The number of para-hydroxylation sites is 1. The number of nitrogens with one attached hydrogen (secondary N) is 2. The smallest absolute Gasteiger partial charge is 0.264 e. The average Bonchev–Trinajstić information content (AvgIpc) is 2.93. The van der Waals surface area contributed by atoms with Crippen LogP contribution in [0, 0.1) is 0 Å². The Morgan fingerprint density at radius 1 is 0.865 bits per heavy atom. The van der Waals surface area contributed by atoms with Gasteiger partial charge in [0.25, 0.3) is 11.8 Å². The molecule has 0 saturated heterocycles. The topological polar surface area (TPSA) is 70.7 Å². The molecular formula is C31H37N3O3. The molecule has 0 atom stereocenters. The Morgan fingerprint density at radius 2 is 1.59 bits per heavy atom. The number of benzene rings is 3. The Kier molecular flexibility index (Phi) is 10.1. The molecule has 0 unspecified atom stereocenters. The van der Waals surface area contributed by atoms with E-state index >= 15 is 0 Å². The van der Waals surface area contributed by atoms with Gasteiger partial charge in [0.15, 0.2) is 6.61 Å². The van der Waals surface area contributed by atoms with Crippen molar-refractivity contribution in [3.05, 3.63) is 95.6 Å². The molecule has 194 valence electrons. The Labute approximate surface area is 220 Å². The van der Waals surface area contributed by atoms with Crippen molar-refractivity contribution >= 4 is 17.5 Å². The van der Waals surface area contributed by atoms with Crippen LogP contribution in [-0.4, -0.2) is 38.1 Å². The second kappa shape index (κ2) is 14.2. The van der Waals surface area contributed by atoms with Gasteiger partial charge in [-0.3, -0.25) is 9.59 Å². The molecule has 6 heteroatoms. The van der Waals surface area contributed by atoms with Crippen molar-refractivity contribution < 1.29 is 14.3 Å². The van der Waals surface area contributed by atoms with E-state index in [9.17, 15) is 9.59 Å². The van der Waals surface area contributed by atoms with E-state index in [1.807, 2.05) is 71.6 Å². The first-order valence-electron chi connectivity index (χ1n) is 13.3. The molecule has 3 aromatic carbocycles. The van der Waals surface area contributed by atoms with Crippen LogP contribution in [0.4, 0.5) is 5.69 Å². The highest BCUT2D eigenvalue weighted by atomic mass is 16.5. The van der Waals surface area contributed by atoms with Gasteiger partial charge in [-0.15, -0.1) is 0 Å². The first-order chi connectivity index (χ1) is 18.2. The van der Waals surface area contributed by atoms with Gasteiger partial charge in [0.1, 0.15) is 5.75 Å². The predicted molar refractivity (Wildman–Crippen MR) is 148 cm³/mol. The lowest BCUT2D eigenvalue weighted by atomic mass is 10.0. The zero-order valence-corrected chi connectivity index (χ0v) is 21.5. The maximum Gasteiger partial charge on any atom is 0.264 e. The number of nitrogens with zero attached hydrogens (tertiary/aromatic N) is 1. The lowest BCUT2D eigenvalue weighted by molar-refractivity contribution is -0.120. The molecule has 6 nitrogen and oxygen atoms in total. The van der Waals surface area contributed by atoms with Crippen molar-refractivity contribution in [2.24, 2.45) is 0 Å². The van der Waals surface area contributed by atoms with Gasteiger partial charge in [0.05, 0.1) is 0 Å². The zero-order chi connectivity index (χ0) is 25.7. The van der Waals surface area contributed by atoms with E-state index in [4.69, 9.17) is 4.74 Å². The third kappa shape index (κ3) is 8.19. The van der Waals surface area contributed by atoms with Crippen molar-refractivity contribution in [2.45, 2.75) is 45.1 Å². The zero-order valence-electron chi connectivity index (χ0n) is 21.5. The highest BCUT2D eigenvalue weighted by molar-refractivity contribution is 5.98. The van der Waals surface area contributed by atoms with Gasteiger partial charge >= 0.3 is 0 Å². The minimum absolute atomic E-state index is 0.0292. The number of ether oxygens (including phenoxy) is 1. The lowest BCUT2D eigenvalue weighted by Crippen LogP contribution is -2.37. The Hall–Kier alpha value is -3.64. The van der Waals surface area contributed by atoms with E-state index in [-0.39, 0.29) is 18.4 Å². The standard InChI is InChI=1S/C31H37N3O3/c35-30(24-37-28-14-8-5-9-15-28)34-21-11-3-1-2-10-19-32-23-27-22-26(16-17-29(27)34)31(36)33-20-18-25-12-6-4-7-13-25/h4-9,12-17,22,32H,1-3,10-11,18-21,23-24H2,(H,33,36). The summed E-state index contributed by atoms with van der Waals surface area (Å²) in [5, 5.41) is 6.54. The second-order valence-corrected chi connectivity index (χ2v) is 9.43. The van der Waals surface area contributed by atoms with Crippen LogP contribution in [0.5, 0.6) is 5.75 Å². The van der Waals surface area contributed by atoms with Gasteiger partial charge < -0.3 is 20.3 Å². The summed E-state index contributed by atoms with van der Waals surface area (Å²) in [5.41, 5.74) is 3.59. The number of carbonyl (C=O) groups is 2. The summed E-state index contributed by atoms with van der Waals surface area (Å²) in [7, 11) is 0. The molecule has 0 aliphatic carbocycles. The van der Waals surface area contributed by atoms with Crippen LogP contribution >= 0.6 is 0 Å². The third-order valence-electron chi connectivity index (χ3n) is 6.63. The molecule has 4 rings (SSSR count).